The van der Waals surface area contributed by atoms with Crippen LogP contribution < -0.4 is 9.62 Å². The molecule has 1 aliphatic rings. The average Bonchev–Trinajstić information content (AvgIpc) is 3.00. The molecule has 144 valence electrons. The third-order valence-electron chi connectivity index (χ3n) is 4.04. The lowest BCUT2D eigenvalue weighted by Crippen LogP contribution is -2.23. The van der Waals surface area contributed by atoms with Crippen LogP contribution in [0.3, 0.4) is 0 Å². The van der Waals surface area contributed by atoms with Crippen LogP contribution in [-0.2, 0) is 21.0 Å². The van der Waals surface area contributed by atoms with E-state index in [0.29, 0.717) is 31.1 Å². The number of hydrogen-bond acceptors (Lipinski definition) is 3. The summed E-state index contributed by atoms with van der Waals surface area (Å²) in [5.41, 5.74) is -1.11. The molecule has 1 saturated heterocycles. The molecular weight excluding hydrogens is 388 g/mol. The molecule has 0 radical (unpaired) electrons. The summed E-state index contributed by atoms with van der Waals surface area (Å²) in [7, 11) is -4.39. The number of carbonyl (C=O) groups excluding carboxylic acids is 1. The number of sulfonamides is 1. The highest BCUT2D eigenvalue weighted by Crippen LogP contribution is 2.33. The van der Waals surface area contributed by atoms with Gasteiger partial charge in [0.1, 0.15) is 5.82 Å². The van der Waals surface area contributed by atoms with Crippen LogP contribution >= 0.6 is 0 Å². The molecular formula is C17H14F4N2O3S. The van der Waals surface area contributed by atoms with Gasteiger partial charge in [0.25, 0.3) is 10.0 Å². The van der Waals surface area contributed by atoms with E-state index in [-0.39, 0.29) is 17.7 Å². The summed E-state index contributed by atoms with van der Waals surface area (Å²) in [5, 5.41) is 0. The Balaban J connectivity index is 1.90. The molecule has 1 amide bonds. The highest BCUT2D eigenvalue weighted by atomic mass is 32.2. The summed E-state index contributed by atoms with van der Waals surface area (Å²) in [6, 6.07) is 7.40. The molecule has 5 nitrogen and oxygen atoms in total. The Hall–Kier alpha value is -2.62. The Kier molecular flexibility index (Phi) is 4.85. The number of nitrogens with one attached hydrogen (secondary N) is 1. The number of nitrogens with zero attached hydrogens (tertiary/aromatic N) is 1. The van der Waals surface area contributed by atoms with Crippen LogP contribution in [0.1, 0.15) is 18.4 Å². The molecule has 3 rings (SSSR count). The lowest BCUT2D eigenvalue weighted by molar-refractivity contribution is -0.140. The first-order valence-corrected chi connectivity index (χ1v) is 9.36. The van der Waals surface area contributed by atoms with Crippen molar-refractivity contribution in [3.8, 4) is 0 Å². The lowest BCUT2D eigenvalue weighted by Gasteiger charge is -2.17. The SMILES string of the molecule is O=C1CCCN1c1cccc(NS(=O)(=O)c2ccc(F)c(C(F)(F)F)c2)c1. The first-order valence-electron chi connectivity index (χ1n) is 7.88. The molecule has 10 heteroatoms. The zero-order valence-corrected chi connectivity index (χ0v) is 14.6. The van der Waals surface area contributed by atoms with Gasteiger partial charge in [-0.25, -0.2) is 12.8 Å². The fourth-order valence-electron chi connectivity index (χ4n) is 2.76. The largest absolute Gasteiger partial charge is 0.419 e. The monoisotopic (exact) mass is 402 g/mol. The van der Waals surface area contributed by atoms with E-state index in [9.17, 15) is 30.8 Å². The zero-order valence-electron chi connectivity index (χ0n) is 13.8. The van der Waals surface area contributed by atoms with Gasteiger partial charge in [-0.1, -0.05) is 6.07 Å². The van der Waals surface area contributed by atoms with E-state index in [0.717, 1.165) is 6.07 Å². The molecule has 0 spiro atoms. The molecule has 0 unspecified atom stereocenters. The van der Waals surface area contributed by atoms with E-state index in [1.165, 1.54) is 23.1 Å². The van der Waals surface area contributed by atoms with Crippen molar-refractivity contribution in [1.82, 2.24) is 0 Å². The molecule has 1 N–H and O–H groups in total. The predicted octanol–water partition coefficient (Wildman–Crippen LogP) is 3.77. The topological polar surface area (TPSA) is 66.5 Å². The Bertz CT molecular complexity index is 990. The predicted molar refractivity (Wildman–Crippen MR) is 90.2 cm³/mol. The normalized spacial score (nSPS) is 15.3. The molecule has 1 heterocycles. The molecule has 0 bridgehead atoms. The number of halogens is 4. The second-order valence-electron chi connectivity index (χ2n) is 5.94. The molecule has 1 aliphatic heterocycles. The van der Waals surface area contributed by atoms with Crippen molar-refractivity contribution < 1.29 is 30.8 Å². The average molecular weight is 402 g/mol. The van der Waals surface area contributed by atoms with E-state index < -0.39 is 32.5 Å². The van der Waals surface area contributed by atoms with Gasteiger partial charge < -0.3 is 4.90 Å². The Morgan fingerprint density at radius 3 is 2.44 bits per heavy atom. The van der Waals surface area contributed by atoms with Crippen LogP contribution in [0, 0.1) is 5.82 Å². The van der Waals surface area contributed by atoms with Crippen molar-refractivity contribution in [3.63, 3.8) is 0 Å². The summed E-state index contributed by atoms with van der Waals surface area (Å²) in [4.78, 5) is 12.6. The summed E-state index contributed by atoms with van der Waals surface area (Å²) >= 11 is 0. The fraction of sp³-hybridized carbons (Fsp3) is 0.235. The number of rotatable bonds is 4. The minimum absolute atomic E-state index is 0.0742. The third-order valence-corrected chi connectivity index (χ3v) is 5.42. The second-order valence-corrected chi connectivity index (χ2v) is 7.63. The maximum absolute atomic E-state index is 13.4. The first kappa shape index (κ1) is 19.2. The number of carbonyl (C=O) groups is 1. The van der Waals surface area contributed by atoms with Crippen molar-refractivity contribution in [2.45, 2.75) is 23.9 Å². The van der Waals surface area contributed by atoms with Crippen molar-refractivity contribution >= 4 is 27.3 Å². The van der Waals surface area contributed by atoms with Crippen LogP contribution in [0.15, 0.2) is 47.4 Å². The number of amides is 1. The number of hydrogen-bond donors (Lipinski definition) is 1. The van der Waals surface area contributed by atoms with Crippen molar-refractivity contribution in [2.75, 3.05) is 16.2 Å². The van der Waals surface area contributed by atoms with Gasteiger partial charge >= 0.3 is 6.18 Å². The molecule has 0 atom stereocenters. The maximum atomic E-state index is 13.4. The van der Waals surface area contributed by atoms with Gasteiger partial charge in [0.15, 0.2) is 0 Å². The quantitative estimate of drug-likeness (QED) is 0.792. The minimum Gasteiger partial charge on any atom is -0.312 e. The zero-order chi connectivity index (χ0) is 19.8. The number of benzene rings is 2. The Morgan fingerprint density at radius 2 is 1.81 bits per heavy atom. The molecule has 0 aliphatic carbocycles. The molecule has 2 aromatic rings. The van der Waals surface area contributed by atoms with E-state index in [1.807, 2.05) is 0 Å². The van der Waals surface area contributed by atoms with E-state index in [4.69, 9.17) is 0 Å². The number of anilines is 2. The third kappa shape index (κ3) is 4.05. The summed E-state index contributed by atoms with van der Waals surface area (Å²) in [6.07, 6.45) is -3.94. The van der Waals surface area contributed by atoms with Crippen LogP contribution in [0.5, 0.6) is 0 Å². The van der Waals surface area contributed by atoms with Gasteiger partial charge in [-0.3, -0.25) is 9.52 Å². The fourth-order valence-corrected chi connectivity index (χ4v) is 3.84. The summed E-state index contributed by atoms with van der Waals surface area (Å²) in [6.45, 7) is 0.502. The van der Waals surface area contributed by atoms with Gasteiger partial charge in [0, 0.05) is 18.7 Å². The molecule has 27 heavy (non-hydrogen) atoms. The standard InChI is InChI=1S/C17H14F4N2O3S/c18-15-7-6-13(10-14(15)17(19,20)21)27(25,26)22-11-3-1-4-12(9-11)23-8-2-5-16(23)24/h1,3-4,6-7,9-10,22H,2,5,8H2. The first-order chi connectivity index (χ1) is 12.6. The summed E-state index contributed by atoms with van der Waals surface area (Å²) < 4.78 is 78.8. The highest BCUT2D eigenvalue weighted by molar-refractivity contribution is 7.92. The molecule has 1 fully saturated rings. The van der Waals surface area contributed by atoms with Crippen molar-refractivity contribution in [1.29, 1.82) is 0 Å². The van der Waals surface area contributed by atoms with Gasteiger partial charge in [-0.2, -0.15) is 13.2 Å². The molecule has 0 saturated carbocycles. The van der Waals surface area contributed by atoms with Crippen LogP contribution in [0.4, 0.5) is 28.9 Å². The molecule has 0 aromatic heterocycles. The smallest absolute Gasteiger partial charge is 0.312 e. The number of alkyl halides is 3. The highest BCUT2D eigenvalue weighted by Gasteiger charge is 2.35. The van der Waals surface area contributed by atoms with E-state index in [2.05, 4.69) is 4.72 Å². The van der Waals surface area contributed by atoms with E-state index >= 15 is 0 Å². The van der Waals surface area contributed by atoms with Gasteiger partial charge in [-0.15, -0.1) is 0 Å². The van der Waals surface area contributed by atoms with Crippen LogP contribution in [0.25, 0.3) is 0 Å². The van der Waals surface area contributed by atoms with Crippen LogP contribution in [-0.4, -0.2) is 20.9 Å². The van der Waals surface area contributed by atoms with Gasteiger partial charge in [0.2, 0.25) is 5.91 Å². The lowest BCUT2D eigenvalue weighted by atomic mass is 10.2. The summed E-state index contributed by atoms with van der Waals surface area (Å²) in [5.74, 6) is -1.65. The van der Waals surface area contributed by atoms with Gasteiger partial charge in [0.05, 0.1) is 16.1 Å². The van der Waals surface area contributed by atoms with Crippen LogP contribution in [0.2, 0.25) is 0 Å². The minimum atomic E-state index is -5.02. The van der Waals surface area contributed by atoms with Crippen molar-refractivity contribution in [2.24, 2.45) is 0 Å². The Morgan fingerprint density at radius 1 is 1.07 bits per heavy atom. The van der Waals surface area contributed by atoms with Crippen molar-refractivity contribution in [3.05, 3.63) is 53.8 Å². The van der Waals surface area contributed by atoms with Gasteiger partial charge in [-0.05, 0) is 42.8 Å². The molecule has 2 aromatic carbocycles. The maximum Gasteiger partial charge on any atom is 0.419 e. The van der Waals surface area contributed by atoms with E-state index in [1.54, 1.807) is 6.07 Å². The Labute approximate surface area is 152 Å². The second kappa shape index (κ2) is 6.84.